The third kappa shape index (κ3) is 5.25. The van der Waals surface area contributed by atoms with Crippen molar-refractivity contribution in [3.8, 4) is 17.2 Å². The third-order valence-corrected chi connectivity index (χ3v) is 5.84. The van der Waals surface area contributed by atoms with Gasteiger partial charge in [0.05, 0.1) is 12.2 Å². The molecule has 178 valence electrons. The van der Waals surface area contributed by atoms with E-state index >= 15 is 0 Å². The molecule has 0 N–H and O–H groups in total. The first-order valence-electron chi connectivity index (χ1n) is 11.4. The number of nitrogens with zero attached hydrogens (tertiary/aromatic N) is 1. The Balaban J connectivity index is 1.36. The molecule has 0 atom stereocenters. The molecule has 0 amide bonds. The zero-order chi connectivity index (χ0) is 24.1. The Kier molecular flexibility index (Phi) is 7.21. The smallest absolute Gasteiger partial charge is 0.338 e. The van der Waals surface area contributed by atoms with Crippen LogP contribution in [0, 0.1) is 13.8 Å². The van der Waals surface area contributed by atoms with Crippen molar-refractivity contribution >= 4 is 11.8 Å². The lowest BCUT2D eigenvalue weighted by molar-refractivity contribution is 0.0474. The largest absolute Gasteiger partial charge is 0.494 e. The number of Topliss-reactive ketones (excluding diaryl/α,β-unsaturated/α-hetero) is 1. The van der Waals surface area contributed by atoms with Crippen LogP contribution in [-0.4, -0.2) is 36.3 Å². The first kappa shape index (κ1) is 23.4. The summed E-state index contributed by atoms with van der Waals surface area (Å²) in [5, 5.41) is 0. The Morgan fingerprint density at radius 3 is 2.53 bits per heavy atom. The average molecular weight is 464 g/mol. The summed E-state index contributed by atoms with van der Waals surface area (Å²) in [6.45, 7) is 7.09. The van der Waals surface area contributed by atoms with E-state index in [9.17, 15) is 9.59 Å². The second kappa shape index (κ2) is 10.5. The van der Waals surface area contributed by atoms with E-state index in [1.54, 1.807) is 24.3 Å². The molecule has 34 heavy (non-hydrogen) atoms. The van der Waals surface area contributed by atoms with Crippen molar-refractivity contribution in [2.75, 3.05) is 20.0 Å². The maximum absolute atomic E-state index is 12.8. The van der Waals surface area contributed by atoms with Crippen LogP contribution in [-0.2, 0) is 11.3 Å². The maximum Gasteiger partial charge on any atom is 0.338 e. The van der Waals surface area contributed by atoms with Crippen molar-refractivity contribution in [3.63, 3.8) is 0 Å². The highest BCUT2D eigenvalue weighted by Gasteiger charge is 2.19. The minimum absolute atomic E-state index is 0.231. The second-order valence-corrected chi connectivity index (χ2v) is 8.28. The number of ether oxygens (including phenoxy) is 4. The Labute approximate surface area is 199 Å². The molecular formula is C27H29NO6. The standard InChI is InChI=1S/C27H29NO6/c1-4-5-12-31-22-9-7-21(8-10-22)27(30)32-16-24(29)23-13-18(2)28(19(23)3)15-20-6-11-25-26(14-20)34-17-33-25/h6-11,13-14H,4-5,12,15-17H2,1-3H3. The SMILES string of the molecule is CCCCOc1ccc(C(=O)OCC(=O)c2cc(C)n(Cc3ccc4c(c3)OCO4)c2C)cc1. The Hall–Kier alpha value is -3.74. The van der Waals surface area contributed by atoms with Crippen LogP contribution in [0.3, 0.4) is 0 Å². The fourth-order valence-corrected chi connectivity index (χ4v) is 3.86. The molecular weight excluding hydrogens is 434 g/mol. The number of hydrogen-bond donors (Lipinski definition) is 0. The van der Waals surface area contributed by atoms with Gasteiger partial charge in [-0.1, -0.05) is 19.4 Å². The van der Waals surface area contributed by atoms with E-state index < -0.39 is 5.97 Å². The number of ketones is 1. The van der Waals surface area contributed by atoms with Gasteiger partial charge in [0.2, 0.25) is 12.6 Å². The molecule has 0 fully saturated rings. The Morgan fingerprint density at radius 2 is 1.76 bits per heavy atom. The van der Waals surface area contributed by atoms with Gasteiger partial charge in [-0.05, 0) is 68.3 Å². The third-order valence-electron chi connectivity index (χ3n) is 5.84. The number of benzene rings is 2. The lowest BCUT2D eigenvalue weighted by Crippen LogP contribution is -2.15. The summed E-state index contributed by atoms with van der Waals surface area (Å²) >= 11 is 0. The predicted octanol–water partition coefficient (Wildman–Crippen LogP) is 5.10. The van der Waals surface area contributed by atoms with Gasteiger partial charge in [-0.2, -0.15) is 0 Å². The highest BCUT2D eigenvalue weighted by atomic mass is 16.7. The van der Waals surface area contributed by atoms with E-state index in [4.69, 9.17) is 18.9 Å². The number of esters is 1. The van der Waals surface area contributed by atoms with E-state index in [1.807, 2.05) is 38.1 Å². The zero-order valence-electron chi connectivity index (χ0n) is 19.8. The van der Waals surface area contributed by atoms with E-state index in [0.29, 0.717) is 30.0 Å². The van der Waals surface area contributed by atoms with E-state index in [2.05, 4.69) is 11.5 Å². The number of carbonyl (C=O) groups is 2. The summed E-state index contributed by atoms with van der Waals surface area (Å²) < 4.78 is 23.8. The predicted molar refractivity (Wildman–Crippen MR) is 127 cm³/mol. The van der Waals surface area contributed by atoms with Crippen LogP contribution in [0.5, 0.6) is 17.2 Å². The Morgan fingerprint density at radius 1 is 1.00 bits per heavy atom. The Bertz CT molecular complexity index is 1180. The molecule has 7 nitrogen and oxygen atoms in total. The van der Waals surface area contributed by atoms with Gasteiger partial charge in [0.15, 0.2) is 18.1 Å². The van der Waals surface area contributed by atoms with E-state index in [0.717, 1.165) is 41.3 Å². The number of rotatable bonds is 10. The molecule has 3 aromatic rings. The van der Waals surface area contributed by atoms with Crippen molar-refractivity contribution in [3.05, 3.63) is 76.6 Å². The molecule has 2 heterocycles. The molecule has 0 saturated heterocycles. The highest BCUT2D eigenvalue weighted by molar-refractivity contribution is 6.00. The zero-order valence-corrected chi connectivity index (χ0v) is 19.8. The number of unbranched alkanes of at least 4 members (excludes halogenated alkanes) is 1. The van der Waals surface area contributed by atoms with Gasteiger partial charge in [0, 0.05) is 23.5 Å². The number of carbonyl (C=O) groups excluding carboxylic acids is 2. The minimum atomic E-state index is -0.539. The summed E-state index contributed by atoms with van der Waals surface area (Å²) in [4.78, 5) is 25.2. The summed E-state index contributed by atoms with van der Waals surface area (Å²) in [6.07, 6.45) is 2.03. The monoisotopic (exact) mass is 463 g/mol. The number of aromatic nitrogens is 1. The van der Waals surface area contributed by atoms with Crippen molar-refractivity contribution in [1.29, 1.82) is 0 Å². The van der Waals surface area contributed by atoms with Gasteiger partial charge >= 0.3 is 5.97 Å². The summed E-state index contributed by atoms with van der Waals surface area (Å²) in [5.41, 5.74) is 3.74. The summed E-state index contributed by atoms with van der Waals surface area (Å²) in [7, 11) is 0. The first-order chi connectivity index (χ1) is 16.5. The molecule has 1 aliphatic rings. The molecule has 1 aromatic heterocycles. The van der Waals surface area contributed by atoms with Crippen LogP contribution >= 0.6 is 0 Å². The molecule has 0 bridgehead atoms. The summed E-state index contributed by atoms with van der Waals surface area (Å²) in [6, 6.07) is 14.4. The molecule has 2 aromatic carbocycles. The molecule has 0 radical (unpaired) electrons. The van der Waals surface area contributed by atoms with Crippen LogP contribution in [0.4, 0.5) is 0 Å². The topological polar surface area (TPSA) is 76.0 Å². The number of aryl methyl sites for hydroxylation is 1. The van der Waals surface area contributed by atoms with Crippen LogP contribution < -0.4 is 14.2 Å². The number of fused-ring (bicyclic) bond motifs is 1. The average Bonchev–Trinajstić information content (AvgIpc) is 3.42. The second-order valence-electron chi connectivity index (χ2n) is 8.28. The van der Waals surface area contributed by atoms with Gasteiger partial charge < -0.3 is 23.5 Å². The molecule has 1 aliphatic heterocycles. The van der Waals surface area contributed by atoms with Crippen molar-refractivity contribution < 1.29 is 28.5 Å². The van der Waals surface area contributed by atoms with Crippen molar-refractivity contribution in [2.45, 2.75) is 40.2 Å². The van der Waals surface area contributed by atoms with E-state index in [-0.39, 0.29) is 19.2 Å². The van der Waals surface area contributed by atoms with Crippen LogP contribution in [0.1, 0.15) is 57.4 Å². The lowest BCUT2D eigenvalue weighted by atomic mass is 10.1. The molecule has 0 saturated carbocycles. The van der Waals surface area contributed by atoms with Crippen LogP contribution in [0.25, 0.3) is 0 Å². The van der Waals surface area contributed by atoms with Crippen LogP contribution in [0.2, 0.25) is 0 Å². The normalized spacial score (nSPS) is 12.0. The molecule has 0 aliphatic carbocycles. The lowest BCUT2D eigenvalue weighted by Gasteiger charge is -2.11. The van der Waals surface area contributed by atoms with E-state index in [1.165, 1.54) is 0 Å². The fraction of sp³-hybridized carbons (Fsp3) is 0.333. The van der Waals surface area contributed by atoms with Gasteiger partial charge in [-0.15, -0.1) is 0 Å². The van der Waals surface area contributed by atoms with Gasteiger partial charge in [-0.25, -0.2) is 4.79 Å². The fourth-order valence-electron chi connectivity index (χ4n) is 3.86. The maximum atomic E-state index is 12.8. The van der Waals surface area contributed by atoms with Crippen molar-refractivity contribution in [2.24, 2.45) is 0 Å². The van der Waals surface area contributed by atoms with Gasteiger partial charge in [-0.3, -0.25) is 4.79 Å². The molecule has 0 spiro atoms. The molecule has 0 unspecified atom stereocenters. The van der Waals surface area contributed by atoms with Gasteiger partial charge in [0.1, 0.15) is 5.75 Å². The first-order valence-corrected chi connectivity index (χ1v) is 11.4. The molecule has 4 rings (SSSR count). The summed E-state index contributed by atoms with van der Waals surface area (Å²) in [5.74, 6) is 1.39. The molecule has 7 heteroatoms. The number of hydrogen-bond acceptors (Lipinski definition) is 6. The van der Waals surface area contributed by atoms with Crippen molar-refractivity contribution in [1.82, 2.24) is 4.57 Å². The van der Waals surface area contributed by atoms with Crippen LogP contribution in [0.15, 0.2) is 48.5 Å². The van der Waals surface area contributed by atoms with Gasteiger partial charge in [0.25, 0.3) is 0 Å². The minimum Gasteiger partial charge on any atom is -0.494 e. The highest BCUT2D eigenvalue weighted by Crippen LogP contribution is 2.33. The quantitative estimate of drug-likeness (QED) is 0.237.